The van der Waals surface area contributed by atoms with Crippen molar-refractivity contribution < 1.29 is 9.18 Å². The number of nitrogens with one attached hydrogen (secondary N) is 2. The Bertz CT molecular complexity index is 1080. The van der Waals surface area contributed by atoms with Crippen molar-refractivity contribution in [3.63, 3.8) is 0 Å². The van der Waals surface area contributed by atoms with Crippen LogP contribution < -0.4 is 5.32 Å². The molecular formula is C21H20FN5O. The minimum atomic E-state index is -0.663. The van der Waals surface area contributed by atoms with E-state index in [9.17, 15) is 9.18 Å². The minimum absolute atomic E-state index is 0.197. The summed E-state index contributed by atoms with van der Waals surface area (Å²) in [7, 11) is 1.82. The number of aromatic amines is 1. The number of fused-ring (bicyclic) bond motifs is 1. The Morgan fingerprint density at radius 1 is 1.21 bits per heavy atom. The SMILES string of the molecule is Cn1ccnc1[C@@H](NC(=O)CCc1nc2ccccc2[nH]1)c1ccccc1F. The zero-order valence-corrected chi connectivity index (χ0v) is 15.4. The summed E-state index contributed by atoms with van der Waals surface area (Å²) >= 11 is 0. The van der Waals surface area contributed by atoms with Crippen LogP contribution in [0.25, 0.3) is 11.0 Å². The van der Waals surface area contributed by atoms with Crippen molar-refractivity contribution >= 4 is 16.9 Å². The zero-order valence-electron chi connectivity index (χ0n) is 15.4. The van der Waals surface area contributed by atoms with Crippen molar-refractivity contribution in [1.82, 2.24) is 24.8 Å². The van der Waals surface area contributed by atoms with E-state index in [0.29, 0.717) is 17.8 Å². The first-order valence-corrected chi connectivity index (χ1v) is 9.06. The summed E-state index contributed by atoms with van der Waals surface area (Å²) < 4.78 is 16.2. The van der Waals surface area contributed by atoms with Gasteiger partial charge in [-0.1, -0.05) is 30.3 Å². The Morgan fingerprint density at radius 3 is 2.75 bits per heavy atom. The molecule has 0 saturated carbocycles. The molecule has 4 rings (SSSR count). The van der Waals surface area contributed by atoms with Crippen LogP contribution in [0.1, 0.15) is 29.7 Å². The Morgan fingerprint density at radius 2 is 2.00 bits per heavy atom. The summed E-state index contributed by atoms with van der Waals surface area (Å²) in [6, 6.07) is 13.5. The molecule has 0 aliphatic carbocycles. The van der Waals surface area contributed by atoms with Gasteiger partial charge in [0.05, 0.1) is 11.0 Å². The van der Waals surface area contributed by atoms with Crippen molar-refractivity contribution in [1.29, 1.82) is 0 Å². The number of hydrogen-bond acceptors (Lipinski definition) is 3. The molecule has 0 unspecified atom stereocenters. The number of carbonyl (C=O) groups is 1. The van der Waals surface area contributed by atoms with Crippen LogP contribution in [0.15, 0.2) is 60.9 Å². The molecular weight excluding hydrogens is 357 g/mol. The van der Waals surface area contributed by atoms with Crippen LogP contribution in [0, 0.1) is 5.82 Å². The molecule has 7 heteroatoms. The number of aryl methyl sites for hydroxylation is 2. The standard InChI is InChI=1S/C21H20FN5O/c1-27-13-12-23-21(27)20(14-6-2-3-7-15(14)22)26-19(28)11-10-18-24-16-8-4-5-9-17(16)25-18/h2-9,12-13,20H,10-11H2,1H3,(H,24,25)(H,26,28)/t20-/m0/s1. The maximum atomic E-state index is 14.4. The van der Waals surface area contributed by atoms with E-state index >= 15 is 0 Å². The predicted octanol–water partition coefficient (Wildman–Crippen LogP) is 3.27. The van der Waals surface area contributed by atoms with E-state index in [0.717, 1.165) is 16.9 Å². The molecule has 0 aliphatic heterocycles. The lowest BCUT2D eigenvalue weighted by atomic mass is 10.0. The fourth-order valence-electron chi connectivity index (χ4n) is 3.24. The second-order valence-corrected chi connectivity index (χ2v) is 6.62. The molecule has 0 fully saturated rings. The molecule has 2 aromatic carbocycles. The monoisotopic (exact) mass is 377 g/mol. The molecule has 142 valence electrons. The van der Waals surface area contributed by atoms with Crippen LogP contribution in [0.2, 0.25) is 0 Å². The van der Waals surface area contributed by atoms with Gasteiger partial charge >= 0.3 is 0 Å². The third kappa shape index (κ3) is 3.64. The molecule has 1 amide bonds. The average Bonchev–Trinajstić information content (AvgIpc) is 3.31. The number of rotatable bonds is 6. The lowest BCUT2D eigenvalue weighted by molar-refractivity contribution is -0.121. The van der Waals surface area contributed by atoms with Crippen molar-refractivity contribution in [2.75, 3.05) is 0 Å². The maximum absolute atomic E-state index is 14.4. The highest BCUT2D eigenvalue weighted by atomic mass is 19.1. The van der Waals surface area contributed by atoms with E-state index < -0.39 is 6.04 Å². The van der Waals surface area contributed by atoms with E-state index in [1.807, 2.05) is 31.3 Å². The van der Waals surface area contributed by atoms with Crippen LogP contribution in [-0.2, 0) is 18.3 Å². The van der Waals surface area contributed by atoms with Gasteiger partial charge in [-0.2, -0.15) is 0 Å². The second kappa shape index (κ2) is 7.64. The summed E-state index contributed by atoms with van der Waals surface area (Å²) in [5, 5.41) is 2.92. The highest BCUT2D eigenvalue weighted by Crippen LogP contribution is 2.23. The van der Waals surface area contributed by atoms with E-state index in [2.05, 4.69) is 20.3 Å². The molecule has 2 aromatic heterocycles. The summed E-state index contributed by atoms with van der Waals surface area (Å²) in [5.41, 5.74) is 2.19. The molecule has 0 radical (unpaired) electrons. The third-order valence-corrected chi connectivity index (χ3v) is 4.67. The molecule has 0 saturated heterocycles. The number of para-hydroxylation sites is 2. The van der Waals surface area contributed by atoms with Crippen LogP contribution in [0.5, 0.6) is 0 Å². The Kier molecular flexibility index (Phi) is 4.89. The molecule has 0 spiro atoms. The van der Waals surface area contributed by atoms with Gasteiger partial charge < -0.3 is 14.9 Å². The molecule has 6 nitrogen and oxygen atoms in total. The normalized spacial score (nSPS) is 12.2. The molecule has 0 bridgehead atoms. The lowest BCUT2D eigenvalue weighted by Gasteiger charge is -2.19. The van der Waals surface area contributed by atoms with Crippen molar-refractivity contribution in [3.8, 4) is 0 Å². The smallest absolute Gasteiger partial charge is 0.221 e. The molecule has 2 heterocycles. The molecule has 4 aromatic rings. The van der Waals surface area contributed by atoms with Gasteiger partial charge in [0.25, 0.3) is 0 Å². The first-order chi connectivity index (χ1) is 13.6. The summed E-state index contributed by atoms with van der Waals surface area (Å²) in [5.74, 6) is 0.739. The third-order valence-electron chi connectivity index (χ3n) is 4.67. The van der Waals surface area contributed by atoms with Gasteiger partial charge in [0.2, 0.25) is 5.91 Å². The molecule has 1 atom stereocenters. The number of benzene rings is 2. The Balaban J connectivity index is 1.51. The number of carbonyl (C=O) groups excluding carboxylic acids is 1. The first-order valence-electron chi connectivity index (χ1n) is 9.06. The van der Waals surface area contributed by atoms with E-state index in [1.54, 1.807) is 35.2 Å². The highest BCUT2D eigenvalue weighted by Gasteiger charge is 2.23. The van der Waals surface area contributed by atoms with E-state index in [-0.39, 0.29) is 18.1 Å². The van der Waals surface area contributed by atoms with Crippen LogP contribution in [0.4, 0.5) is 4.39 Å². The highest BCUT2D eigenvalue weighted by molar-refractivity contribution is 5.78. The summed E-state index contributed by atoms with van der Waals surface area (Å²) in [4.78, 5) is 24.6. The number of imidazole rings is 2. The fraction of sp³-hybridized carbons (Fsp3) is 0.190. The average molecular weight is 377 g/mol. The van der Waals surface area contributed by atoms with Gasteiger partial charge in [0.1, 0.15) is 23.5 Å². The van der Waals surface area contributed by atoms with Gasteiger partial charge in [0.15, 0.2) is 0 Å². The van der Waals surface area contributed by atoms with Gasteiger partial charge in [-0.25, -0.2) is 14.4 Å². The number of halogens is 1. The molecule has 2 N–H and O–H groups in total. The first kappa shape index (κ1) is 17.9. The largest absolute Gasteiger partial charge is 0.342 e. The van der Waals surface area contributed by atoms with Gasteiger partial charge in [-0.05, 0) is 18.2 Å². The van der Waals surface area contributed by atoms with E-state index in [4.69, 9.17) is 0 Å². The number of H-pyrrole nitrogens is 1. The minimum Gasteiger partial charge on any atom is -0.342 e. The van der Waals surface area contributed by atoms with Crippen LogP contribution >= 0.6 is 0 Å². The summed E-state index contributed by atoms with van der Waals surface area (Å²) in [6.07, 6.45) is 4.09. The lowest BCUT2D eigenvalue weighted by Crippen LogP contribution is -2.31. The number of amides is 1. The fourth-order valence-corrected chi connectivity index (χ4v) is 3.24. The number of nitrogens with zero attached hydrogens (tertiary/aromatic N) is 3. The molecule has 28 heavy (non-hydrogen) atoms. The van der Waals surface area contributed by atoms with Gasteiger partial charge in [0, 0.05) is 37.8 Å². The Hall–Kier alpha value is -3.48. The van der Waals surface area contributed by atoms with Crippen molar-refractivity contribution in [3.05, 3.63) is 84.0 Å². The van der Waals surface area contributed by atoms with Crippen molar-refractivity contribution in [2.24, 2.45) is 7.05 Å². The summed E-state index contributed by atoms with van der Waals surface area (Å²) in [6.45, 7) is 0. The van der Waals surface area contributed by atoms with Crippen molar-refractivity contribution in [2.45, 2.75) is 18.9 Å². The molecule has 0 aliphatic rings. The predicted molar refractivity (Wildman–Crippen MR) is 104 cm³/mol. The Labute approximate surface area is 161 Å². The number of hydrogen-bond donors (Lipinski definition) is 2. The van der Waals surface area contributed by atoms with Crippen LogP contribution in [-0.4, -0.2) is 25.4 Å². The topological polar surface area (TPSA) is 75.6 Å². The van der Waals surface area contributed by atoms with Crippen LogP contribution in [0.3, 0.4) is 0 Å². The number of aromatic nitrogens is 4. The van der Waals surface area contributed by atoms with Gasteiger partial charge in [-0.15, -0.1) is 0 Å². The quantitative estimate of drug-likeness (QED) is 0.541. The maximum Gasteiger partial charge on any atom is 0.221 e. The second-order valence-electron chi connectivity index (χ2n) is 6.62. The zero-order chi connectivity index (χ0) is 19.5. The van der Waals surface area contributed by atoms with Gasteiger partial charge in [-0.3, -0.25) is 4.79 Å². The van der Waals surface area contributed by atoms with E-state index in [1.165, 1.54) is 6.07 Å².